The highest BCUT2D eigenvalue weighted by atomic mass is 19.4. The molecule has 2 N–H and O–H groups in total. The van der Waals surface area contributed by atoms with Crippen molar-refractivity contribution in [3.05, 3.63) is 35.4 Å². The lowest BCUT2D eigenvalue weighted by Gasteiger charge is -2.26. The third-order valence-electron chi connectivity index (χ3n) is 4.65. The van der Waals surface area contributed by atoms with Gasteiger partial charge in [-0.3, -0.25) is 9.69 Å². The monoisotopic (exact) mass is 429 g/mol. The molecule has 2 rings (SSSR count). The van der Waals surface area contributed by atoms with Crippen LogP contribution in [0.1, 0.15) is 17.5 Å². The van der Waals surface area contributed by atoms with E-state index in [9.17, 15) is 18.0 Å². The average Bonchev–Trinajstić information content (AvgIpc) is 2.72. The number of alkyl halides is 3. The number of nitrogens with one attached hydrogen (secondary N) is 2. The summed E-state index contributed by atoms with van der Waals surface area (Å²) >= 11 is 0. The molecule has 30 heavy (non-hydrogen) atoms. The molecule has 0 atom stereocenters. The molecule has 1 aliphatic rings. The number of ether oxygens (including phenoxy) is 1. The second-order valence-electron chi connectivity index (χ2n) is 7.24. The molecular formula is C20H30F3N5O2. The van der Waals surface area contributed by atoms with Crippen molar-refractivity contribution in [3.8, 4) is 0 Å². The zero-order chi connectivity index (χ0) is 22.0. The summed E-state index contributed by atoms with van der Waals surface area (Å²) in [5, 5.41) is 6.17. The first kappa shape index (κ1) is 23.9. The van der Waals surface area contributed by atoms with E-state index in [1.165, 1.54) is 17.0 Å². The van der Waals surface area contributed by atoms with Crippen LogP contribution in [0.4, 0.5) is 13.2 Å². The maximum Gasteiger partial charge on any atom is 0.416 e. The lowest BCUT2D eigenvalue weighted by Crippen LogP contribution is -2.44. The lowest BCUT2D eigenvalue weighted by molar-refractivity contribution is -0.137. The molecule has 1 fully saturated rings. The van der Waals surface area contributed by atoms with Crippen molar-refractivity contribution in [2.75, 3.05) is 60.0 Å². The van der Waals surface area contributed by atoms with Gasteiger partial charge in [-0.15, -0.1) is 0 Å². The first-order valence-electron chi connectivity index (χ1n) is 9.94. The van der Waals surface area contributed by atoms with Gasteiger partial charge in [-0.25, -0.2) is 4.99 Å². The molecule has 1 heterocycles. The number of carbonyl (C=O) groups is 1. The maximum atomic E-state index is 12.7. The SMILES string of the molecule is CN(C)C(=O)CNC(=NCc1ccc(C(F)(F)F)cc1)NCCCN1CCOCC1. The molecule has 0 radical (unpaired) electrons. The molecule has 0 bridgehead atoms. The predicted molar refractivity (Wildman–Crippen MR) is 109 cm³/mol. The molecule has 1 amide bonds. The fraction of sp³-hybridized carbons (Fsp3) is 0.600. The van der Waals surface area contributed by atoms with E-state index in [1.807, 2.05) is 0 Å². The Hall–Kier alpha value is -2.33. The summed E-state index contributed by atoms with van der Waals surface area (Å²) in [6, 6.07) is 4.91. The summed E-state index contributed by atoms with van der Waals surface area (Å²) in [7, 11) is 3.33. The Kier molecular flexibility index (Phi) is 9.38. The van der Waals surface area contributed by atoms with E-state index in [4.69, 9.17) is 4.74 Å². The van der Waals surface area contributed by atoms with E-state index in [2.05, 4.69) is 20.5 Å². The Bertz CT molecular complexity index is 687. The zero-order valence-electron chi connectivity index (χ0n) is 17.5. The normalized spacial score (nSPS) is 15.7. The Balaban J connectivity index is 1.89. The number of likely N-dealkylation sites (N-methyl/N-ethyl adjacent to an activating group) is 1. The number of amides is 1. The van der Waals surface area contributed by atoms with Crippen LogP contribution < -0.4 is 10.6 Å². The molecule has 1 aliphatic heterocycles. The fourth-order valence-electron chi connectivity index (χ4n) is 2.80. The Labute approximate surface area is 175 Å². The van der Waals surface area contributed by atoms with Crippen molar-refractivity contribution in [2.45, 2.75) is 19.1 Å². The molecule has 10 heteroatoms. The minimum Gasteiger partial charge on any atom is -0.379 e. The van der Waals surface area contributed by atoms with Crippen LogP contribution in [0.2, 0.25) is 0 Å². The third-order valence-corrected chi connectivity index (χ3v) is 4.65. The Morgan fingerprint density at radius 3 is 2.43 bits per heavy atom. The van der Waals surface area contributed by atoms with Gasteiger partial charge < -0.3 is 20.3 Å². The number of rotatable bonds is 8. The number of hydrogen-bond acceptors (Lipinski definition) is 4. The summed E-state index contributed by atoms with van der Waals surface area (Å²) in [5.41, 5.74) is -0.0391. The van der Waals surface area contributed by atoms with E-state index in [0.717, 1.165) is 51.4 Å². The summed E-state index contributed by atoms with van der Waals surface area (Å²) < 4.78 is 43.4. The van der Waals surface area contributed by atoms with Crippen LogP contribution in [-0.2, 0) is 22.3 Å². The van der Waals surface area contributed by atoms with Crippen molar-refractivity contribution in [1.82, 2.24) is 20.4 Å². The van der Waals surface area contributed by atoms with Gasteiger partial charge in [0, 0.05) is 33.7 Å². The number of carbonyl (C=O) groups excluding carboxylic acids is 1. The molecule has 0 aromatic heterocycles. The molecule has 1 aromatic rings. The fourth-order valence-corrected chi connectivity index (χ4v) is 2.80. The zero-order valence-corrected chi connectivity index (χ0v) is 17.5. The van der Waals surface area contributed by atoms with Crippen molar-refractivity contribution in [3.63, 3.8) is 0 Å². The Morgan fingerprint density at radius 1 is 1.17 bits per heavy atom. The summed E-state index contributed by atoms with van der Waals surface area (Å²) in [5.74, 6) is 0.347. The van der Waals surface area contributed by atoms with Gasteiger partial charge in [0.05, 0.1) is 31.9 Å². The van der Waals surface area contributed by atoms with Crippen molar-refractivity contribution >= 4 is 11.9 Å². The summed E-state index contributed by atoms with van der Waals surface area (Å²) in [6.07, 6.45) is -3.47. The van der Waals surface area contributed by atoms with Crippen LogP contribution in [0.3, 0.4) is 0 Å². The summed E-state index contributed by atoms with van der Waals surface area (Å²) in [6.45, 7) is 5.21. The van der Waals surface area contributed by atoms with E-state index in [-0.39, 0.29) is 19.0 Å². The topological polar surface area (TPSA) is 69.2 Å². The van der Waals surface area contributed by atoms with Crippen molar-refractivity contribution in [2.24, 2.45) is 4.99 Å². The predicted octanol–water partition coefficient (Wildman–Crippen LogP) is 1.55. The van der Waals surface area contributed by atoms with Gasteiger partial charge in [0.15, 0.2) is 5.96 Å². The van der Waals surface area contributed by atoms with E-state index in [1.54, 1.807) is 14.1 Å². The Morgan fingerprint density at radius 2 is 1.83 bits per heavy atom. The second-order valence-corrected chi connectivity index (χ2v) is 7.24. The molecule has 1 saturated heterocycles. The van der Waals surface area contributed by atoms with Gasteiger partial charge in [0.25, 0.3) is 0 Å². The minimum atomic E-state index is -4.36. The van der Waals surface area contributed by atoms with Gasteiger partial charge in [0.2, 0.25) is 5.91 Å². The highest BCUT2D eigenvalue weighted by molar-refractivity contribution is 5.86. The lowest BCUT2D eigenvalue weighted by atomic mass is 10.1. The minimum absolute atomic E-state index is 0.0787. The van der Waals surface area contributed by atoms with Gasteiger partial charge in [-0.2, -0.15) is 13.2 Å². The largest absolute Gasteiger partial charge is 0.416 e. The highest BCUT2D eigenvalue weighted by Gasteiger charge is 2.29. The number of nitrogens with zero attached hydrogens (tertiary/aromatic N) is 3. The number of aliphatic imine (C=N–C) groups is 1. The molecule has 0 unspecified atom stereocenters. The van der Waals surface area contributed by atoms with Crippen LogP contribution >= 0.6 is 0 Å². The van der Waals surface area contributed by atoms with Gasteiger partial charge in [-0.1, -0.05) is 12.1 Å². The number of hydrogen-bond donors (Lipinski definition) is 2. The number of guanidine groups is 1. The van der Waals surface area contributed by atoms with E-state index in [0.29, 0.717) is 18.1 Å². The third kappa shape index (κ3) is 8.58. The first-order valence-corrected chi connectivity index (χ1v) is 9.94. The van der Waals surface area contributed by atoms with Gasteiger partial charge in [-0.05, 0) is 30.7 Å². The quantitative estimate of drug-likeness (QED) is 0.373. The molecule has 0 saturated carbocycles. The van der Waals surface area contributed by atoms with Crippen LogP contribution in [0.15, 0.2) is 29.3 Å². The smallest absolute Gasteiger partial charge is 0.379 e. The number of morpholine rings is 1. The highest BCUT2D eigenvalue weighted by Crippen LogP contribution is 2.29. The van der Waals surface area contributed by atoms with Crippen LogP contribution in [0.25, 0.3) is 0 Å². The number of benzene rings is 1. The van der Waals surface area contributed by atoms with E-state index < -0.39 is 11.7 Å². The summed E-state index contributed by atoms with van der Waals surface area (Å²) in [4.78, 5) is 20.1. The average molecular weight is 429 g/mol. The molecule has 1 aromatic carbocycles. The number of halogens is 3. The van der Waals surface area contributed by atoms with Crippen LogP contribution in [-0.4, -0.2) is 81.7 Å². The molecule has 7 nitrogen and oxygen atoms in total. The van der Waals surface area contributed by atoms with Gasteiger partial charge >= 0.3 is 6.18 Å². The van der Waals surface area contributed by atoms with Gasteiger partial charge in [0.1, 0.15) is 0 Å². The maximum absolute atomic E-state index is 12.7. The van der Waals surface area contributed by atoms with Crippen molar-refractivity contribution in [1.29, 1.82) is 0 Å². The van der Waals surface area contributed by atoms with Crippen LogP contribution in [0, 0.1) is 0 Å². The molecule has 0 aliphatic carbocycles. The molecule has 0 spiro atoms. The van der Waals surface area contributed by atoms with E-state index >= 15 is 0 Å². The van der Waals surface area contributed by atoms with Crippen molar-refractivity contribution < 1.29 is 22.7 Å². The molecule has 168 valence electrons. The molecular weight excluding hydrogens is 399 g/mol. The first-order chi connectivity index (χ1) is 14.3. The van der Waals surface area contributed by atoms with Crippen LogP contribution in [0.5, 0.6) is 0 Å². The standard InChI is InChI=1S/C20H30F3N5O2/c1-27(2)18(29)15-26-19(24-8-3-9-28-10-12-30-13-11-28)25-14-16-4-6-17(7-5-16)20(21,22)23/h4-7H,3,8-15H2,1-2H3,(H2,24,25,26). The second kappa shape index (κ2) is 11.8.